The van der Waals surface area contributed by atoms with Crippen LogP contribution in [-0.2, 0) is 0 Å². The zero-order chi connectivity index (χ0) is 14.7. The van der Waals surface area contributed by atoms with E-state index < -0.39 is 0 Å². The summed E-state index contributed by atoms with van der Waals surface area (Å²) in [5, 5.41) is 21.6. The number of nitrogens with zero attached hydrogens (tertiary/aromatic N) is 3. The third kappa shape index (κ3) is 3.73. The van der Waals surface area contributed by atoms with Gasteiger partial charge in [0.05, 0.1) is 6.07 Å². The van der Waals surface area contributed by atoms with Crippen LogP contribution in [0.15, 0.2) is 8.68 Å². The van der Waals surface area contributed by atoms with Crippen LogP contribution in [0, 0.1) is 17.2 Å². The van der Waals surface area contributed by atoms with Crippen LogP contribution in [0.1, 0.15) is 38.5 Å². The van der Waals surface area contributed by atoms with E-state index in [1.807, 2.05) is 6.26 Å². The zero-order valence-electron chi connectivity index (χ0n) is 12.2. The third-order valence-corrected chi connectivity index (χ3v) is 7.38. The molecule has 21 heavy (non-hydrogen) atoms. The third-order valence-electron chi connectivity index (χ3n) is 4.31. The minimum atomic E-state index is -0.257. The lowest BCUT2D eigenvalue weighted by Crippen LogP contribution is -2.48. The fraction of sp³-hybridized carbons (Fsp3) is 0.786. The average molecular weight is 341 g/mol. The Morgan fingerprint density at radius 3 is 2.86 bits per heavy atom. The summed E-state index contributed by atoms with van der Waals surface area (Å²) >= 11 is 5.09. The van der Waals surface area contributed by atoms with Crippen LogP contribution in [0.4, 0.5) is 0 Å². The normalized spacial score (nSPS) is 28.7. The Kier molecular flexibility index (Phi) is 5.10. The van der Waals surface area contributed by atoms with Gasteiger partial charge in [-0.3, -0.25) is 5.32 Å². The first-order valence-corrected chi connectivity index (χ1v) is 10.5. The van der Waals surface area contributed by atoms with Crippen LogP contribution >= 0.6 is 34.9 Å². The van der Waals surface area contributed by atoms with E-state index in [1.54, 1.807) is 34.9 Å². The van der Waals surface area contributed by atoms with Crippen molar-refractivity contribution in [3.05, 3.63) is 0 Å². The zero-order valence-corrected chi connectivity index (χ0v) is 14.6. The van der Waals surface area contributed by atoms with E-state index in [1.165, 1.54) is 25.7 Å². The molecule has 2 aliphatic carbocycles. The molecule has 0 amide bonds. The maximum Gasteiger partial charge on any atom is 0.175 e. The van der Waals surface area contributed by atoms with Gasteiger partial charge in [-0.2, -0.15) is 5.26 Å². The van der Waals surface area contributed by atoms with Gasteiger partial charge in [0.1, 0.15) is 5.54 Å². The molecule has 4 nitrogen and oxygen atoms in total. The summed E-state index contributed by atoms with van der Waals surface area (Å²) in [5.41, 5.74) is -0.257. The van der Waals surface area contributed by atoms with E-state index in [9.17, 15) is 5.26 Å². The highest BCUT2D eigenvalue weighted by atomic mass is 32.2. The SMILES string of the molecule is CSc1nnc(SCCC2CCCC2(C#N)NC2CC2)s1. The lowest BCUT2D eigenvalue weighted by molar-refractivity contribution is 0.308. The molecule has 1 aromatic heterocycles. The Labute approximate surface area is 138 Å². The molecule has 0 spiro atoms. The molecule has 1 aromatic rings. The summed E-state index contributed by atoms with van der Waals surface area (Å²) in [6.45, 7) is 0. The van der Waals surface area contributed by atoms with Crippen LogP contribution in [0.25, 0.3) is 0 Å². The summed E-state index contributed by atoms with van der Waals surface area (Å²) in [6.07, 6.45) is 8.98. The molecule has 0 aromatic carbocycles. The van der Waals surface area contributed by atoms with Crippen molar-refractivity contribution in [1.82, 2.24) is 15.5 Å². The Morgan fingerprint density at radius 1 is 1.38 bits per heavy atom. The van der Waals surface area contributed by atoms with E-state index in [0.29, 0.717) is 12.0 Å². The van der Waals surface area contributed by atoms with E-state index in [2.05, 4.69) is 21.6 Å². The fourth-order valence-corrected chi connectivity index (χ4v) is 5.62. The smallest absolute Gasteiger partial charge is 0.175 e. The summed E-state index contributed by atoms with van der Waals surface area (Å²) in [6, 6.07) is 3.21. The summed E-state index contributed by atoms with van der Waals surface area (Å²) < 4.78 is 2.08. The largest absolute Gasteiger partial charge is 0.296 e. The van der Waals surface area contributed by atoms with Crippen LogP contribution in [0.3, 0.4) is 0 Å². The Hall–Kier alpha value is -0.290. The van der Waals surface area contributed by atoms with Crippen molar-refractivity contribution in [3.63, 3.8) is 0 Å². The molecule has 2 atom stereocenters. The van der Waals surface area contributed by atoms with E-state index in [4.69, 9.17) is 0 Å². The number of nitrogens with one attached hydrogen (secondary N) is 1. The number of hydrogen-bond donors (Lipinski definition) is 1. The van der Waals surface area contributed by atoms with E-state index in [-0.39, 0.29) is 5.54 Å². The molecule has 0 radical (unpaired) electrons. The van der Waals surface area contributed by atoms with Crippen molar-refractivity contribution >= 4 is 34.9 Å². The minimum Gasteiger partial charge on any atom is -0.296 e. The molecule has 114 valence electrons. The topological polar surface area (TPSA) is 61.6 Å². The maximum absolute atomic E-state index is 9.67. The number of thioether (sulfide) groups is 2. The summed E-state index contributed by atoms with van der Waals surface area (Å²) in [4.78, 5) is 0. The van der Waals surface area contributed by atoms with Gasteiger partial charge in [-0.05, 0) is 44.3 Å². The Morgan fingerprint density at radius 2 is 2.19 bits per heavy atom. The molecule has 2 saturated carbocycles. The molecule has 1 heterocycles. The molecule has 0 saturated heterocycles. The standard InChI is InChI=1S/C14H20N4S3/c1-19-12-17-18-13(21-12)20-8-6-10-3-2-7-14(10,9-15)16-11-4-5-11/h10-11,16H,2-8H2,1H3. The monoisotopic (exact) mass is 340 g/mol. The molecule has 3 rings (SSSR count). The summed E-state index contributed by atoms with van der Waals surface area (Å²) in [5.74, 6) is 1.52. The highest BCUT2D eigenvalue weighted by molar-refractivity contribution is 8.02. The molecule has 0 bridgehead atoms. The van der Waals surface area contributed by atoms with Crippen molar-refractivity contribution < 1.29 is 0 Å². The van der Waals surface area contributed by atoms with Crippen LogP contribution in [0.2, 0.25) is 0 Å². The van der Waals surface area contributed by atoms with Gasteiger partial charge in [-0.15, -0.1) is 10.2 Å². The fourth-order valence-electron chi connectivity index (χ4n) is 3.06. The lowest BCUT2D eigenvalue weighted by atomic mass is 9.86. The average Bonchev–Trinajstić information content (AvgIpc) is 3.04. The molecular weight excluding hydrogens is 320 g/mol. The number of aromatic nitrogens is 2. The second kappa shape index (κ2) is 6.86. The van der Waals surface area contributed by atoms with Crippen molar-refractivity contribution in [2.45, 2.75) is 58.8 Å². The van der Waals surface area contributed by atoms with Gasteiger partial charge in [0.2, 0.25) is 0 Å². The summed E-state index contributed by atoms with van der Waals surface area (Å²) in [7, 11) is 0. The quantitative estimate of drug-likeness (QED) is 0.766. The number of nitriles is 1. The lowest BCUT2D eigenvalue weighted by Gasteiger charge is -2.30. The van der Waals surface area contributed by atoms with E-state index in [0.717, 1.165) is 27.3 Å². The molecule has 0 aliphatic heterocycles. The first kappa shape index (κ1) is 15.6. The van der Waals surface area contributed by atoms with Crippen molar-refractivity contribution in [1.29, 1.82) is 5.26 Å². The predicted molar refractivity (Wildman–Crippen MR) is 88.9 cm³/mol. The minimum absolute atomic E-state index is 0.257. The van der Waals surface area contributed by atoms with Crippen LogP contribution < -0.4 is 5.32 Å². The first-order chi connectivity index (χ1) is 10.3. The highest BCUT2D eigenvalue weighted by Gasteiger charge is 2.45. The Bertz CT molecular complexity index is 523. The van der Waals surface area contributed by atoms with Gasteiger partial charge in [-0.1, -0.05) is 41.3 Å². The first-order valence-electron chi connectivity index (χ1n) is 7.45. The van der Waals surface area contributed by atoms with Gasteiger partial charge in [0.25, 0.3) is 0 Å². The number of hydrogen-bond acceptors (Lipinski definition) is 7. The van der Waals surface area contributed by atoms with Gasteiger partial charge in [0, 0.05) is 11.8 Å². The van der Waals surface area contributed by atoms with Crippen molar-refractivity contribution in [2.24, 2.45) is 5.92 Å². The molecule has 2 fully saturated rings. The molecule has 2 unspecified atom stereocenters. The molecule has 1 N–H and O–H groups in total. The molecule has 2 aliphatic rings. The maximum atomic E-state index is 9.67. The second-order valence-electron chi connectivity index (χ2n) is 5.77. The van der Waals surface area contributed by atoms with Gasteiger partial charge in [0.15, 0.2) is 8.68 Å². The van der Waals surface area contributed by atoms with E-state index >= 15 is 0 Å². The van der Waals surface area contributed by atoms with Crippen molar-refractivity contribution in [2.75, 3.05) is 12.0 Å². The Balaban J connectivity index is 1.52. The predicted octanol–water partition coefficient (Wildman–Crippen LogP) is 3.56. The van der Waals surface area contributed by atoms with Gasteiger partial charge < -0.3 is 0 Å². The van der Waals surface area contributed by atoms with Crippen molar-refractivity contribution in [3.8, 4) is 6.07 Å². The van der Waals surface area contributed by atoms with Crippen LogP contribution in [-0.4, -0.2) is 33.8 Å². The second-order valence-corrected chi connectivity index (χ2v) is 9.14. The van der Waals surface area contributed by atoms with Gasteiger partial charge >= 0.3 is 0 Å². The van der Waals surface area contributed by atoms with Gasteiger partial charge in [-0.25, -0.2) is 0 Å². The molecular formula is C14H20N4S3. The van der Waals surface area contributed by atoms with Crippen LogP contribution in [0.5, 0.6) is 0 Å². The molecule has 7 heteroatoms. The number of rotatable bonds is 7. The highest BCUT2D eigenvalue weighted by Crippen LogP contribution is 2.41.